The van der Waals surface area contributed by atoms with Crippen molar-refractivity contribution in [1.29, 1.82) is 0 Å². The second-order valence-corrected chi connectivity index (χ2v) is 6.45. The van der Waals surface area contributed by atoms with Crippen LogP contribution in [0.5, 0.6) is 0 Å². The third-order valence-corrected chi connectivity index (χ3v) is 4.12. The molecule has 0 aromatic rings. The van der Waals surface area contributed by atoms with E-state index in [4.69, 9.17) is 4.55 Å². The Morgan fingerprint density at radius 2 is 1.82 bits per heavy atom. The Balaban J connectivity index is 0. The van der Waals surface area contributed by atoms with Crippen molar-refractivity contribution in [3.05, 3.63) is 12.7 Å². The maximum absolute atomic E-state index is 10.8. The van der Waals surface area contributed by atoms with Crippen LogP contribution in [0.1, 0.15) is 6.92 Å². The van der Waals surface area contributed by atoms with E-state index in [1.807, 2.05) is 0 Å². The van der Waals surface area contributed by atoms with Crippen LogP contribution >= 0.6 is 0 Å². The zero-order valence-corrected chi connectivity index (χ0v) is 11.0. The quantitative estimate of drug-likeness (QED) is 0.371. The average molecular weight is 289 g/mol. The first kappa shape index (κ1) is 18.4. The molecule has 0 saturated heterocycles. The lowest BCUT2D eigenvalue weighted by molar-refractivity contribution is -0.113. The molecule has 0 bridgehead atoms. The first-order chi connectivity index (χ1) is 7.46. The minimum atomic E-state index is -4.28. The van der Waals surface area contributed by atoms with E-state index in [1.54, 1.807) is 0 Å². The molecule has 0 saturated carbocycles. The van der Waals surface area contributed by atoms with Gasteiger partial charge in [0.25, 0.3) is 20.2 Å². The molecular weight excluding hydrogens is 274 g/mol. The molecular formula is C7H15NO7S2. The highest BCUT2D eigenvalue weighted by atomic mass is 32.2. The molecule has 0 rings (SSSR count). The van der Waals surface area contributed by atoms with Gasteiger partial charge in [-0.05, 0) is 13.0 Å². The lowest BCUT2D eigenvalue weighted by atomic mass is 10.6. The van der Waals surface area contributed by atoms with Crippen LogP contribution in [0.25, 0.3) is 0 Å². The highest BCUT2D eigenvalue weighted by Gasteiger charge is 2.25. The van der Waals surface area contributed by atoms with Crippen LogP contribution in [0.3, 0.4) is 0 Å². The first-order valence-corrected chi connectivity index (χ1v) is 7.20. The molecule has 0 aliphatic rings. The number of carbonyl (C=O) groups excluding carboxylic acids is 1. The lowest BCUT2D eigenvalue weighted by Gasteiger charge is -2.07. The van der Waals surface area contributed by atoms with Gasteiger partial charge >= 0.3 is 0 Å². The van der Waals surface area contributed by atoms with Crippen molar-refractivity contribution in [3.8, 4) is 0 Å². The molecule has 1 amide bonds. The van der Waals surface area contributed by atoms with E-state index in [-0.39, 0.29) is 0 Å². The molecule has 0 fully saturated rings. The molecule has 0 radical (unpaired) electrons. The molecule has 8 nitrogen and oxygen atoms in total. The van der Waals surface area contributed by atoms with Gasteiger partial charge in [0.15, 0.2) is 0 Å². The van der Waals surface area contributed by atoms with Crippen LogP contribution in [0.4, 0.5) is 0 Å². The Kier molecular flexibility index (Phi) is 7.98. The molecule has 0 aromatic carbocycles. The van der Waals surface area contributed by atoms with Crippen molar-refractivity contribution >= 4 is 26.1 Å². The van der Waals surface area contributed by atoms with Crippen LogP contribution in [-0.2, 0) is 29.2 Å². The van der Waals surface area contributed by atoms with Gasteiger partial charge in [-0.25, -0.2) is 0 Å². The highest BCUT2D eigenvalue weighted by molar-refractivity contribution is 7.90. The molecule has 3 N–H and O–H groups in total. The number of carbonyl (C=O) groups is 1. The third kappa shape index (κ3) is 11.3. The average Bonchev–Trinajstić information content (AvgIpc) is 2.16. The number of rotatable bonds is 5. The van der Waals surface area contributed by atoms with Gasteiger partial charge in [-0.1, -0.05) is 6.58 Å². The van der Waals surface area contributed by atoms with Crippen molar-refractivity contribution in [3.63, 3.8) is 0 Å². The molecule has 0 aromatic heterocycles. The van der Waals surface area contributed by atoms with Crippen molar-refractivity contribution in [1.82, 2.24) is 0 Å². The van der Waals surface area contributed by atoms with E-state index in [2.05, 4.69) is 16.5 Å². The van der Waals surface area contributed by atoms with Crippen molar-refractivity contribution in [2.45, 2.75) is 12.2 Å². The van der Waals surface area contributed by atoms with Gasteiger partial charge < -0.3 is 5.73 Å². The van der Waals surface area contributed by atoms with Gasteiger partial charge in [0, 0.05) is 0 Å². The normalized spacial score (nSPS) is 13.1. The van der Waals surface area contributed by atoms with Gasteiger partial charge in [-0.2, -0.15) is 16.8 Å². The number of hydrogen-bond donors (Lipinski definition) is 2. The van der Waals surface area contributed by atoms with Crippen molar-refractivity contribution < 1.29 is 30.4 Å². The Hall–Kier alpha value is -0.970. The summed E-state index contributed by atoms with van der Waals surface area (Å²) in [5.74, 6) is -1.34. The van der Waals surface area contributed by atoms with Crippen molar-refractivity contribution in [2.75, 3.05) is 12.9 Å². The second kappa shape index (κ2) is 7.37. The summed E-state index contributed by atoms with van der Waals surface area (Å²) in [5.41, 5.74) is 4.53. The summed E-state index contributed by atoms with van der Waals surface area (Å²) in [6.07, 6.45) is 1.06. The summed E-state index contributed by atoms with van der Waals surface area (Å²) in [6.45, 7) is 4.22. The molecule has 10 heteroatoms. The molecule has 1 unspecified atom stereocenters. The topological polar surface area (TPSA) is 141 Å². The summed E-state index contributed by atoms with van der Waals surface area (Å²) in [5, 5.41) is -1.27. The first-order valence-electron chi connectivity index (χ1n) is 4.12. The minimum Gasteiger partial charge on any atom is -0.366 e. The summed E-state index contributed by atoms with van der Waals surface area (Å²) in [6, 6.07) is 0. The summed E-state index contributed by atoms with van der Waals surface area (Å²) < 4.78 is 54.4. The summed E-state index contributed by atoms with van der Waals surface area (Å²) >= 11 is 0. The lowest BCUT2D eigenvalue weighted by Crippen LogP contribution is -2.27. The Morgan fingerprint density at radius 3 is 2.00 bits per heavy atom. The van der Waals surface area contributed by atoms with Gasteiger partial charge in [0.1, 0.15) is 5.25 Å². The molecule has 0 heterocycles. The number of primary amides is 1. The van der Waals surface area contributed by atoms with Crippen molar-refractivity contribution in [2.24, 2.45) is 5.73 Å². The highest BCUT2D eigenvalue weighted by Crippen LogP contribution is 2.04. The predicted octanol–water partition coefficient (Wildman–Crippen LogP) is -1.10. The van der Waals surface area contributed by atoms with Crippen LogP contribution in [0.15, 0.2) is 12.7 Å². The summed E-state index contributed by atoms with van der Waals surface area (Å²) in [7, 11) is -7.22. The third-order valence-electron chi connectivity index (χ3n) is 1.37. The van der Waals surface area contributed by atoms with E-state index in [0.29, 0.717) is 0 Å². The van der Waals surface area contributed by atoms with Gasteiger partial charge in [0.05, 0.1) is 12.9 Å². The van der Waals surface area contributed by atoms with Gasteiger partial charge in [-0.15, -0.1) is 0 Å². The fraction of sp³-hybridized carbons (Fsp3) is 0.571. The molecule has 1 atom stereocenters. The fourth-order valence-corrected chi connectivity index (χ4v) is 2.65. The van der Waals surface area contributed by atoms with Gasteiger partial charge in [-0.3, -0.25) is 13.5 Å². The molecule has 0 aliphatic carbocycles. The predicted molar refractivity (Wildman–Crippen MR) is 61.2 cm³/mol. The van der Waals surface area contributed by atoms with Crippen LogP contribution in [0.2, 0.25) is 0 Å². The molecule has 17 heavy (non-hydrogen) atoms. The Bertz CT molecular complexity index is 451. The largest absolute Gasteiger partial charge is 0.366 e. The van der Waals surface area contributed by atoms with E-state index in [9.17, 15) is 21.6 Å². The molecule has 102 valence electrons. The molecule has 0 aliphatic heterocycles. The summed E-state index contributed by atoms with van der Waals surface area (Å²) in [4.78, 5) is 9.47. The van der Waals surface area contributed by atoms with E-state index >= 15 is 0 Å². The number of hydrogen-bond acceptors (Lipinski definition) is 6. The van der Waals surface area contributed by atoms with Crippen LogP contribution in [-0.4, -0.2) is 45.4 Å². The Morgan fingerprint density at radius 1 is 1.47 bits per heavy atom. The maximum Gasteiger partial charge on any atom is 0.270 e. The number of nitrogens with two attached hydrogens (primary N) is 1. The Labute approximate surface area is 100 Å². The SMILES string of the molecule is C=CC(N)=O.COS(=O)(=O)C(C)CS(=O)(=O)O. The molecule has 0 spiro atoms. The smallest absolute Gasteiger partial charge is 0.270 e. The van der Waals surface area contributed by atoms with Gasteiger partial charge in [0.2, 0.25) is 5.91 Å². The number of amides is 1. The van der Waals surface area contributed by atoms with Crippen LogP contribution in [0, 0.1) is 0 Å². The van der Waals surface area contributed by atoms with Crippen LogP contribution < -0.4 is 5.73 Å². The fourth-order valence-electron chi connectivity index (χ4n) is 0.544. The monoisotopic (exact) mass is 289 g/mol. The van der Waals surface area contributed by atoms with E-state index in [0.717, 1.165) is 20.1 Å². The van der Waals surface area contributed by atoms with E-state index in [1.165, 1.54) is 0 Å². The zero-order valence-electron chi connectivity index (χ0n) is 9.36. The zero-order chi connectivity index (χ0) is 14.3. The minimum absolute atomic E-state index is 0.481. The second-order valence-electron chi connectivity index (χ2n) is 2.83. The standard InChI is InChI=1S/C4H10O6S2.C3H5NO/c1-4(3-11(5,6)7)12(8,9)10-2;1-2-3(4)5/h4H,3H2,1-2H3,(H,5,6,7);2H,1H2,(H2,4,5). The maximum atomic E-state index is 10.8. The van der Waals surface area contributed by atoms with E-state index < -0.39 is 37.1 Å².